The number of alkyl halides is 1. The van der Waals surface area contributed by atoms with Crippen molar-refractivity contribution >= 4 is 27.8 Å². The minimum absolute atomic E-state index is 0.0364. The van der Waals surface area contributed by atoms with E-state index in [4.69, 9.17) is 9.47 Å². The lowest BCUT2D eigenvalue weighted by molar-refractivity contribution is -0.120. The highest BCUT2D eigenvalue weighted by molar-refractivity contribution is 9.09. The van der Waals surface area contributed by atoms with E-state index < -0.39 is 6.09 Å². The molecule has 2 atom stereocenters. The first-order valence-electron chi connectivity index (χ1n) is 4.78. The van der Waals surface area contributed by atoms with Gasteiger partial charge in [0.2, 0.25) is 0 Å². The molecule has 0 bridgehead atoms. The highest BCUT2D eigenvalue weighted by atomic mass is 79.9. The van der Waals surface area contributed by atoms with Gasteiger partial charge < -0.3 is 14.8 Å². The Bertz CT molecular complexity index is 246. The van der Waals surface area contributed by atoms with Gasteiger partial charge >= 0.3 is 6.09 Å². The van der Waals surface area contributed by atoms with Crippen LogP contribution in [0.25, 0.3) is 0 Å². The van der Waals surface area contributed by atoms with Crippen LogP contribution in [0.15, 0.2) is 0 Å². The summed E-state index contributed by atoms with van der Waals surface area (Å²) in [5.41, 5.74) is 0. The molecule has 1 heterocycles. The van der Waals surface area contributed by atoms with Crippen molar-refractivity contribution in [1.29, 1.82) is 0 Å². The summed E-state index contributed by atoms with van der Waals surface area (Å²) in [5.74, 6) is -0.233. The minimum atomic E-state index is -0.500. The third kappa shape index (κ3) is 3.46. The number of hydrogen-bond acceptors (Lipinski definition) is 4. The molecule has 0 aromatic carbocycles. The molecule has 1 N–H and O–H groups in total. The summed E-state index contributed by atoms with van der Waals surface area (Å²) in [7, 11) is 0. The molecule has 0 spiro atoms. The van der Waals surface area contributed by atoms with E-state index in [9.17, 15) is 9.59 Å². The number of Topliss-reactive ketones (excluding diaryl/α,β-unsaturated/α-hetero) is 1. The van der Waals surface area contributed by atoms with Crippen LogP contribution < -0.4 is 5.32 Å². The summed E-state index contributed by atoms with van der Waals surface area (Å²) >= 11 is 3.10. The van der Waals surface area contributed by atoms with Gasteiger partial charge in [-0.2, -0.15) is 0 Å². The fraction of sp³-hybridized carbons (Fsp3) is 0.778. The zero-order valence-electron chi connectivity index (χ0n) is 8.49. The van der Waals surface area contributed by atoms with Crippen LogP contribution in [-0.4, -0.2) is 43.1 Å². The molecule has 15 heavy (non-hydrogen) atoms. The Kier molecular flexibility index (Phi) is 5.04. The molecule has 0 aromatic heterocycles. The molecule has 0 aliphatic carbocycles. The molecular formula is C9H14BrNO4. The van der Waals surface area contributed by atoms with Gasteiger partial charge in [0.25, 0.3) is 0 Å². The van der Waals surface area contributed by atoms with Crippen molar-refractivity contribution in [1.82, 2.24) is 5.32 Å². The highest BCUT2D eigenvalue weighted by Gasteiger charge is 2.34. The van der Waals surface area contributed by atoms with Gasteiger partial charge in [0.05, 0.1) is 37.1 Å². The molecular weight excluding hydrogens is 266 g/mol. The van der Waals surface area contributed by atoms with Crippen LogP contribution in [0.4, 0.5) is 4.79 Å². The number of alkyl carbamates (subject to hydrolysis) is 1. The topological polar surface area (TPSA) is 64.6 Å². The van der Waals surface area contributed by atoms with E-state index in [1.54, 1.807) is 6.92 Å². The second-order valence-corrected chi connectivity index (χ2v) is 3.78. The second kappa shape index (κ2) is 6.07. The predicted octanol–water partition coefficient (Wildman–Crippen LogP) is 0.711. The summed E-state index contributed by atoms with van der Waals surface area (Å²) in [6.45, 7) is 2.77. The molecule has 1 aliphatic rings. The van der Waals surface area contributed by atoms with E-state index in [0.29, 0.717) is 19.8 Å². The minimum Gasteiger partial charge on any atom is -0.450 e. The van der Waals surface area contributed by atoms with Gasteiger partial charge in [-0.05, 0) is 6.92 Å². The summed E-state index contributed by atoms with van der Waals surface area (Å²) in [5, 5.41) is 2.90. The largest absolute Gasteiger partial charge is 0.450 e. The second-order valence-electron chi connectivity index (χ2n) is 3.22. The quantitative estimate of drug-likeness (QED) is 0.770. The van der Waals surface area contributed by atoms with Crippen molar-refractivity contribution < 1.29 is 19.1 Å². The zero-order valence-corrected chi connectivity index (χ0v) is 10.1. The number of amides is 1. The molecule has 1 fully saturated rings. The number of halogens is 1. The average molecular weight is 280 g/mol. The normalized spacial score (nSPS) is 24.9. The molecule has 0 aromatic rings. The van der Waals surface area contributed by atoms with Crippen molar-refractivity contribution in [3.8, 4) is 0 Å². The van der Waals surface area contributed by atoms with Crippen molar-refractivity contribution in [2.24, 2.45) is 5.92 Å². The lowest BCUT2D eigenvalue weighted by Gasteiger charge is -2.16. The number of nitrogens with one attached hydrogen (secondary N) is 1. The number of hydrogen-bond donors (Lipinski definition) is 1. The Morgan fingerprint density at radius 3 is 2.87 bits per heavy atom. The number of ether oxygens (including phenoxy) is 2. The van der Waals surface area contributed by atoms with E-state index in [1.807, 2.05) is 0 Å². The fourth-order valence-electron chi connectivity index (χ4n) is 1.44. The van der Waals surface area contributed by atoms with Crippen molar-refractivity contribution in [2.45, 2.75) is 13.0 Å². The van der Waals surface area contributed by atoms with Crippen LogP contribution >= 0.6 is 15.9 Å². The molecule has 86 valence electrons. The molecule has 1 saturated heterocycles. The number of carbonyl (C=O) groups is 2. The van der Waals surface area contributed by atoms with E-state index in [0.717, 1.165) is 0 Å². The molecule has 1 rings (SSSR count). The third-order valence-corrected chi connectivity index (χ3v) is 2.76. The van der Waals surface area contributed by atoms with Gasteiger partial charge in [0.15, 0.2) is 5.78 Å². The summed E-state index contributed by atoms with van der Waals surface area (Å²) in [6.07, 6.45) is -0.500. The molecule has 0 radical (unpaired) electrons. The zero-order chi connectivity index (χ0) is 11.3. The first kappa shape index (κ1) is 12.4. The molecule has 5 nitrogen and oxygen atoms in total. The predicted molar refractivity (Wildman–Crippen MR) is 57.1 cm³/mol. The highest BCUT2D eigenvalue weighted by Crippen LogP contribution is 2.15. The number of ketones is 1. The van der Waals surface area contributed by atoms with E-state index in [2.05, 4.69) is 21.2 Å². The van der Waals surface area contributed by atoms with Gasteiger partial charge in [-0.3, -0.25) is 4.79 Å². The Hall–Kier alpha value is -0.620. The lowest BCUT2D eigenvalue weighted by Crippen LogP contribution is -2.43. The third-order valence-electron chi connectivity index (χ3n) is 2.20. The number of carbonyl (C=O) groups excluding carboxylic acids is 2. The molecule has 1 aliphatic heterocycles. The van der Waals surface area contributed by atoms with Gasteiger partial charge in [0, 0.05) is 0 Å². The van der Waals surface area contributed by atoms with E-state index in [-0.39, 0.29) is 23.1 Å². The van der Waals surface area contributed by atoms with Gasteiger partial charge in [-0.25, -0.2) is 4.79 Å². The monoisotopic (exact) mass is 279 g/mol. The fourth-order valence-corrected chi connectivity index (χ4v) is 1.85. The standard InChI is InChI=1S/C9H14BrNO4/c1-2-15-9(13)11-7-5-14-4-6(7)8(12)3-10/h6-7H,2-5H2,1H3,(H,11,13). The smallest absolute Gasteiger partial charge is 0.407 e. The molecule has 6 heteroatoms. The van der Waals surface area contributed by atoms with Crippen LogP contribution in [0.3, 0.4) is 0 Å². The molecule has 2 unspecified atom stereocenters. The lowest BCUT2D eigenvalue weighted by atomic mass is 10.00. The Balaban J connectivity index is 2.46. The van der Waals surface area contributed by atoms with Crippen molar-refractivity contribution in [2.75, 3.05) is 25.2 Å². The van der Waals surface area contributed by atoms with Crippen LogP contribution in [0.5, 0.6) is 0 Å². The molecule has 1 amide bonds. The average Bonchev–Trinajstić information content (AvgIpc) is 2.65. The van der Waals surface area contributed by atoms with Gasteiger partial charge in [-0.15, -0.1) is 0 Å². The summed E-state index contributed by atoms with van der Waals surface area (Å²) < 4.78 is 9.90. The maximum absolute atomic E-state index is 11.4. The van der Waals surface area contributed by atoms with Crippen molar-refractivity contribution in [3.63, 3.8) is 0 Å². The summed E-state index contributed by atoms with van der Waals surface area (Å²) in [6, 6.07) is -0.269. The first-order chi connectivity index (χ1) is 7.19. The SMILES string of the molecule is CCOC(=O)NC1COCC1C(=O)CBr. The maximum atomic E-state index is 11.4. The Morgan fingerprint density at radius 1 is 1.53 bits per heavy atom. The molecule has 0 saturated carbocycles. The van der Waals surface area contributed by atoms with E-state index >= 15 is 0 Å². The Morgan fingerprint density at radius 2 is 2.27 bits per heavy atom. The first-order valence-corrected chi connectivity index (χ1v) is 5.90. The number of rotatable bonds is 4. The van der Waals surface area contributed by atoms with Crippen LogP contribution in [-0.2, 0) is 14.3 Å². The van der Waals surface area contributed by atoms with Crippen LogP contribution in [0.2, 0.25) is 0 Å². The Labute approximate surface area is 96.6 Å². The van der Waals surface area contributed by atoms with E-state index in [1.165, 1.54) is 0 Å². The van der Waals surface area contributed by atoms with Crippen LogP contribution in [0.1, 0.15) is 6.92 Å². The van der Waals surface area contributed by atoms with Crippen LogP contribution in [0, 0.1) is 5.92 Å². The van der Waals surface area contributed by atoms with Gasteiger partial charge in [-0.1, -0.05) is 15.9 Å². The van der Waals surface area contributed by atoms with Gasteiger partial charge in [0.1, 0.15) is 0 Å². The summed E-state index contributed by atoms with van der Waals surface area (Å²) in [4.78, 5) is 22.6. The maximum Gasteiger partial charge on any atom is 0.407 e. The van der Waals surface area contributed by atoms with Crippen molar-refractivity contribution in [3.05, 3.63) is 0 Å².